The summed E-state index contributed by atoms with van der Waals surface area (Å²) in [6, 6.07) is 25.0. The van der Waals surface area contributed by atoms with Gasteiger partial charge >= 0.3 is 0 Å². The van der Waals surface area contributed by atoms with E-state index in [1.165, 1.54) is 22.5 Å². The number of rotatable bonds is 6. The second-order valence-electron chi connectivity index (χ2n) is 8.92. The predicted molar refractivity (Wildman–Crippen MR) is 146 cm³/mol. The highest BCUT2D eigenvalue weighted by Crippen LogP contribution is 2.44. The van der Waals surface area contributed by atoms with Gasteiger partial charge in [-0.25, -0.2) is 0 Å². The average molecular weight is 483 g/mol. The van der Waals surface area contributed by atoms with Crippen LogP contribution in [0.3, 0.4) is 0 Å². The Hall–Kier alpha value is -3.64. The summed E-state index contributed by atoms with van der Waals surface area (Å²) < 4.78 is 7.99. The number of benzene rings is 2. The van der Waals surface area contributed by atoms with E-state index in [-0.39, 0.29) is 12.1 Å². The molecule has 3 heterocycles. The molecule has 0 spiro atoms. The van der Waals surface area contributed by atoms with Gasteiger partial charge in [0.05, 0.1) is 24.4 Å². The Labute approximate surface area is 212 Å². The molecule has 5 nitrogen and oxygen atoms in total. The summed E-state index contributed by atoms with van der Waals surface area (Å²) in [4.78, 5) is 6.90. The van der Waals surface area contributed by atoms with Crippen molar-refractivity contribution in [2.45, 2.75) is 39.8 Å². The Bertz CT molecular complexity index is 1330. The Kier molecular flexibility index (Phi) is 6.31. The van der Waals surface area contributed by atoms with Crippen molar-refractivity contribution in [2.24, 2.45) is 0 Å². The SMILES string of the molecule is CCOc1ccc(N2C(=S)N[C@H](c3ccccn3)[C@H]2c2cc(C)n(-c3ccc(C)cc3)c2C)cc1. The van der Waals surface area contributed by atoms with Gasteiger partial charge in [0, 0.05) is 29.0 Å². The van der Waals surface area contributed by atoms with Crippen LogP contribution in [0.1, 0.15) is 47.2 Å². The molecule has 1 fully saturated rings. The molecular formula is C29H30N4OS. The Morgan fingerprint density at radius 1 is 0.943 bits per heavy atom. The van der Waals surface area contributed by atoms with Crippen molar-refractivity contribution in [2.75, 3.05) is 11.5 Å². The largest absolute Gasteiger partial charge is 0.494 e. The van der Waals surface area contributed by atoms with Gasteiger partial charge in [0.15, 0.2) is 5.11 Å². The number of nitrogens with one attached hydrogen (secondary N) is 1. The zero-order valence-corrected chi connectivity index (χ0v) is 21.3. The fourth-order valence-electron chi connectivity index (χ4n) is 5.00. The monoisotopic (exact) mass is 482 g/mol. The molecule has 1 N–H and O–H groups in total. The lowest BCUT2D eigenvalue weighted by Crippen LogP contribution is -2.29. The third kappa shape index (κ3) is 4.30. The van der Waals surface area contributed by atoms with Gasteiger partial charge in [0.25, 0.3) is 0 Å². The standard InChI is InChI=1S/C29H30N4OS/c1-5-34-24-15-13-23(14-16-24)33-28(27(31-29(33)35)26-8-6-7-17-30-26)25-18-20(3)32(21(25)4)22-11-9-19(2)10-12-22/h6-18,27-28H,5H2,1-4H3,(H,31,35)/t27-,28-/m1/s1. The van der Waals surface area contributed by atoms with Crippen molar-refractivity contribution in [3.8, 4) is 11.4 Å². The summed E-state index contributed by atoms with van der Waals surface area (Å²) in [7, 11) is 0. The van der Waals surface area contributed by atoms with Crippen LogP contribution >= 0.6 is 12.2 Å². The molecule has 5 rings (SSSR count). The molecule has 1 aliphatic heterocycles. The van der Waals surface area contributed by atoms with Crippen LogP contribution in [-0.4, -0.2) is 21.3 Å². The van der Waals surface area contributed by atoms with E-state index in [4.69, 9.17) is 17.0 Å². The van der Waals surface area contributed by atoms with Gasteiger partial charge in [-0.15, -0.1) is 0 Å². The van der Waals surface area contributed by atoms with Gasteiger partial charge in [-0.1, -0.05) is 23.8 Å². The number of aromatic nitrogens is 2. The average Bonchev–Trinajstić information content (AvgIpc) is 3.36. The van der Waals surface area contributed by atoms with Crippen LogP contribution in [0.25, 0.3) is 5.69 Å². The minimum atomic E-state index is -0.0813. The van der Waals surface area contributed by atoms with Crippen LogP contribution in [-0.2, 0) is 0 Å². The number of ether oxygens (including phenoxy) is 1. The van der Waals surface area contributed by atoms with Crippen LogP contribution in [0.4, 0.5) is 5.69 Å². The molecule has 0 saturated carbocycles. The molecule has 0 radical (unpaired) electrons. The van der Waals surface area contributed by atoms with Gasteiger partial charge in [-0.05, 0) is 100 Å². The summed E-state index contributed by atoms with van der Waals surface area (Å²) in [5, 5.41) is 4.25. The quantitative estimate of drug-likeness (QED) is 0.323. The molecule has 35 heavy (non-hydrogen) atoms. The van der Waals surface area contributed by atoms with Gasteiger partial charge < -0.3 is 19.5 Å². The lowest BCUT2D eigenvalue weighted by molar-refractivity contribution is 0.340. The first-order valence-corrected chi connectivity index (χ1v) is 12.4. The second kappa shape index (κ2) is 9.55. The number of anilines is 1. The van der Waals surface area contributed by atoms with E-state index in [0.717, 1.165) is 22.8 Å². The third-order valence-corrected chi connectivity index (χ3v) is 6.92. The van der Waals surface area contributed by atoms with Crippen molar-refractivity contribution in [1.82, 2.24) is 14.9 Å². The molecule has 0 unspecified atom stereocenters. The van der Waals surface area contributed by atoms with Crippen molar-refractivity contribution in [3.05, 3.63) is 107 Å². The number of thiocarbonyl (C=S) groups is 1. The van der Waals surface area contributed by atoms with Crippen molar-refractivity contribution < 1.29 is 4.74 Å². The molecular weight excluding hydrogens is 452 g/mol. The fraction of sp³-hybridized carbons (Fsp3) is 0.241. The molecule has 6 heteroatoms. The van der Waals surface area contributed by atoms with E-state index in [9.17, 15) is 0 Å². The van der Waals surface area contributed by atoms with Crippen molar-refractivity contribution in [3.63, 3.8) is 0 Å². The highest BCUT2D eigenvalue weighted by Gasteiger charge is 2.42. The molecule has 4 aromatic rings. The molecule has 178 valence electrons. The summed E-state index contributed by atoms with van der Waals surface area (Å²) in [5.41, 5.74) is 8.00. The number of hydrogen-bond acceptors (Lipinski definition) is 3. The maximum atomic E-state index is 5.90. The van der Waals surface area contributed by atoms with Crippen LogP contribution in [0.5, 0.6) is 5.75 Å². The van der Waals surface area contributed by atoms with Gasteiger partial charge in [-0.2, -0.15) is 0 Å². The Morgan fingerprint density at radius 3 is 2.31 bits per heavy atom. The number of hydrogen-bond donors (Lipinski definition) is 1. The second-order valence-corrected chi connectivity index (χ2v) is 9.31. The zero-order chi connectivity index (χ0) is 24.5. The molecule has 0 bridgehead atoms. The molecule has 2 aromatic heterocycles. The highest BCUT2D eigenvalue weighted by molar-refractivity contribution is 7.80. The zero-order valence-electron chi connectivity index (χ0n) is 20.5. The number of aryl methyl sites for hydroxylation is 2. The summed E-state index contributed by atoms with van der Waals surface area (Å²) >= 11 is 5.90. The lowest BCUT2D eigenvalue weighted by Gasteiger charge is -2.28. The van der Waals surface area contributed by atoms with E-state index in [1.54, 1.807) is 0 Å². The first kappa shape index (κ1) is 23.1. The fourth-order valence-corrected chi connectivity index (χ4v) is 5.34. The smallest absolute Gasteiger partial charge is 0.174 e. The van der Waals surface area contributed by atoms with Gasteiger partial charge in [0.2, 0.25) is 0 Å². The Morgan fingerprint density at radius 2 is 1.66 bits per heavy atom. The normalized spacial score (nSPS) is 17.5. The highest BCUT2D eigenvalue weighted by atomic mass is 32.1. The molecule has 1 aliphatic rings. The summed E-state index contributed by atoms with van der Waals surface area (Å²) in [5.74, 6) is 0.852. The van der Waals surface area contributed by atoms with E-state index < -0.39 is 0 Å². The van der Waals surface area contributed by atoms with Gasteiger partial charge in [0.1, 0.15) is 5.75 Å². The third-order valence-electron chi connectivity index (χ3n) is 6.61. The van der Waals surface area contributed by atoms with E-state index in [1.807, 2.05) is 37.4 Å². The number of nitrogens with zero attached hydrogens (tertiary/aromatic N) is 3. The Balaban J connectivity index is 1.63. The van der Waals surface area contributed by atoms with Crippen LogP contribution < -0.4 is 15.0 Å². The van der Waals surface area contributed by atoms with E-state index in [0.29, 0.717) is 11.7 Å². The summed E-state index contributed by atoms with van der Waals surface area (Å²) in [6.45, 7) is 9.09. The van der Waals surface area contributed by atoms with Crippen molar-refractivity contribution >= 4 is 23.0 Å². The van der Waals surface area contributed by atoms with Gasteiger partial charge in [-0.3, -0.25) is 4.98 Å². The summed E-state index contributed by atoms with van der Waals surface area (Å²) in [6.07, 6.45) is 1.84. The van der Waals surface area contributed by atoms with E-state index in [2.05, 4.69) is 89.1 Å². The van der Waals surface area contributed by atoms with Crippen LogP contribution in [0.2, 0.25) is 0 Å². The maximum absolute atomic E-state index is 5.90. The molecule has 2 aromatic carbocycles. The first-order valence-electron chi connectivity index (χ1n) is 12.0. The number of pyridine rings is 1. The van der Waals surface area contributed by atoms with Crippen LogP contribution in [0.15, 0.2) is 79.0 Å². The molecule has 2 atom stereocenters. The molecule has 0 amide bonds. The van der Waals surface area contributed by atoms with E-state index >= 15 is 0 Å². The first-order chi connectivity index (χ1) is 17.0. The predicted octanol–water partition coefficient (Wildman–Crippen LogP) is 6.37. The maximum Gasteiger partial charge on any atom is 0.174 e. The minimum absolute atomic E-state index is 0.0549. The topological polar surface area (TPSA) is 42.3 Å². The lowest BCUT2D eigenvalue weighted by atomic mass is 9.96. The molecule has 0 aliphatic carbocycles. The van der Waals surface area contributed by atoms with Crippen molar-refractivity contribution in [1.29, 1.82) is 0 Å². The van der Waals surface area contributed by atoms with Crippen LogP contribution in [0, 0.1) is 20.8 Å². The minimum Gasteiger partial charge on any atom is -0.494 e. The molecule has 1 saturated heterocycles.